The first-order valence-electron chi connectivity index (χ1n) is 3.16. The van der Waals surface area contributed by atoms with Gasteiger partial charge in [0.15, 0.2) is 0 Å². The molecule has 6 heteroatoms. The van der Waals surface area contributed by atoms with Crippen LogP contribution >= 0.6 is 22.6 Å². The average Bonchev–Trinajstić information content (AvgIpc) is 2.09. The first-order valence-corrected chi connectivity index (χ1v) is 4.24. The van der Waals surface area contributed by atoms with Gasteiger partial charge in [-0.3, -0.25) is 14.9 Å². The van der Waals surface area contributed by atoms with Crippen molar-refractivity contribution >= 4 is 34.6 Å². The van der Waals surface area contributed by atoms with Gasteiger partial charge in [0, 0.05) is 21.3 Å². The van der Waals surface area contributed by atoms with Crippen LogP contribution < -0.4 is 5.11 Å². The Balaban J connectivity index is 3.38. The van der Waals surface area contributed by atoms with E-state index in [1.807, 2.05) is 0 Å². The second-order valence-electron chi connectivity index (χ2n) is 2.22. The van der Waals surface area contributed by atoms with Gasteiger partial charge >= 0.3 is 0 Å². The molecule has 1 aromatic rings. The Bertz CT molecular complexity index is 377. The molecular weight excluding hydrogens is 289 g/mol. The highest BCUT2D eigenvalue weighted by Gasteiger charge is 2.09. The fourth-order valence-corrected chi connectivity index (χ4v) is 1.42. The summed E-state index contributed by atoms with van der Waals surface area (Å²) in [7, 11) is 0. The molecule has 5 nitrogen and oxygen atoms in total. The molecule has 0 spiro atoms. The summed E-state index contributed by atoms with van der Waals surface area (Å²) in [6, 6.07) is 2.10. The zero-order valence-electron chi connectivity index (χ0n) is 6.19. The van der Waals surface area contributed by atoms with Gasteiger partial charge in [-0.2, -0.15) is 0 Å². The molecule has 0 heterocycles. The van der Waals surface area contributed by atoms with Gasteiger partial charge in [-0.1, -0.05) is 5.75 Å². The molecule has 0 aliphatic rings. The maximum Gasteiger partial charge on any atom is 0.271 e. The van der Waals surface area contributed by atoms with Crippen LogP contribution in [0.15, 0.2) is 12.1 Å². The van der Waals surface area contributed by atoms with E-state index < -0.39 is 10.7 Å². The maximum atomic E-state index is 11.1. The van der Waals surface area contributed by atoms with Crippen molar-refractivity contribution in [3.63, 3.8) is 0 Å². The zero-order chi connectivity index (χ0) is 10.0. The Kier molecular flexibility index (Phi) is 2.81. The third-order valence-electron chi connectivity index (χ3n) is 1.39. The second kappa shape index (κ2) is 3.69. The molecule has 1 aromatic carbocycles. The first-order chi connectivity index (χ1) is 6.06. The number of halogens is 1. The molecule has 0 radical (unpaired) electrons. The van der Waals surface area contributed by atoms with Crippen LogP contribution in [0.4, 0.5) is 5.69 Å². The SMILES string of the molecule is O=Cc1cc([N+](=O)[O-])cc(I)c1[O-]. The number of hydrogen-bond donors (Lipinski definition) is 0. The molecule has 0 fully saturated rings. The van der Waals surface area contributed by atoms with Crippen LogP contribution in [0.25, 0.3) is 0 Å². The number of nitrogens with zero attached hydrogens (tertiary/aromatic N) is 1. The van der Waals surface area contributed by atoms with Crippen molar-refractivity contribution in [3.8, 4) is 5.75 Å². The lowest BCUT2D eigenvalue weighted by Gasteiger charge is -2.10. The molecule has 1 rings (SSSR count). The normalized spacial score (nSPS) is 9.62. The number of carbonyl (C=O) groups excluding carboxylic acids is 1. The van der Waals surface area contributed by atoms with Crippen LogP contribution in [0.2, 0.25) is 0 Å². The van der Waals surface area contributed by atoms with E-state index in [-0.39, 0.29) is 14.8 Å². The summed E-state index contributed by atoms with van der Waals surface area (Å²) in [5.41, 5.74) is -0.426. The van der Waals surface area contributed by atoms with Crippen molar-refractivity contribution in [2.75, 3.05) is 0 Å². The highest BCUT2D eigenvalue weighted by atomic mass is 127. The Morgan fingerprint density at radius 2 is 2.08 bits per heavy atom. The topological polar surface area (TPSA) is 83.3 Å². The smallest absolute Gasteiger partial charge is 0.271 e. The predicted octanol–water partition coefficient (Wildman–Crippen LogP) is 1.09. The summed E-state index contributed by atoms with van der Waals surface area (Å²) in [5, 5.41) is 21.4. The lowest BCUT2D eigenvalue weighted by molar-refractivity contribution is -0.385. The Labute approximate surface area is 86.7 Å². The molecule has 0 unspecified atom stereocenters. The molecule has 0 N–H and O–H groups in total. The molecule has 0 aromatic heterocycles. The van der Waals surface area contributed by atoms with E-state index >= 15 is 0 Å². The fraction of sp³-hybridized carbons (Fsp3) is 0. The van der Waals surface area contributed by atoms with Crippen LogP contribution in [0.3, 0.4) is 0 Å². The van der Waals surface area contributed by atoms with Crippen molar-refractivity contribution in [2.45, 2.75) is 0 Å². The predicted molar refractivity (Wildman–Crippen MR) is 50.6 cm³/mol. The molecule has 0 saturated heterocycles. The van der Waals surface area contributed by atoms with E-state index in [0.717, 1.165) is 12.1 Å². The van der Waals surface area contributed by atoms with Gasteiger partial charge in [-0.15, -0.1) is 0 Å². The molecule has 68 valence electrons. The third-order valence-corrected chi connectivity index (χ3v) is 2.20. The summed E-state index contributed by atoms with van der Waals surface area (Å²) in [5.74, 6) is -0.471. The Morgan fingerprint density at radius 1 is 1.46 bits per heavy atom. The van der Waals surface area contributed by atoms with Gasteiger partial charge < -0.3 is 5.11 Å². The standard InChI is InChI=1S/C7H4INO4/c8-6-2-5(9(12)13)1-4(3-10)7(6)11/h1-3,11H/p-1. The van der Waals surface area contributed by atoms with Gasteiger partial charge in [-0.05, 0) is 22.6 Å². The quantitative estimate of drug-likeness (QED) is 0.353. The monoisotopic (exact) mass is 292 g/mol. The van der Waals surface area contributed by atoms with Crippen molar-refractivity contribution in [1.82, 2.24) is 0 Å². The van der Waals surface area contributed by atoms with Crippen LogP contribution in [-0.4, -0.2) is 11.2 Å². The maximum absolute atomic E-state index is 11.1. The van der Waals surface area contributed by atoms with Crippen molar-refractivity contribution < 1.29 is 14.8 Å². The van der Waals surface area contributed by atoms with E-state index in [0.29, 0.717) is 6.29 Å². The van der Waals surface area contributed by atoms with Crippen molar-refractivity contribution in [2.24, 2.45) is 0 Å². The number of rotatable bonds is 2. The van der Waals surface area contributed by atoms with E-state index in [1.165, 1.54) is 0 Å². The molecule has 0 bridgehead atoms. The van der Waals surface area contributed by atoms with E-state index in [1.54, 1.807) is 22.6 Å². The Morgan fingerprint density at radius 3 is 2.54 bits per heavy atom. The van der Waals surface area contributed by atoms with Gasteiger partial charge in [0.1, 0.15) is 6.29 Å². The minimum absolute atomic E-state index is 0.175. The summed E-state index contributed by atoms with van der Waals surface area (Å²) >= 11 is 1.66. The third kappa shape index (κ3) is 1.94. The number of aldehydes is 1. The van der Waals surface area contributed by atoms with Crippen LogP contribution in [0, 0.1) is 13.7 Å². The van der Waals surface area contributed by atoms with Crippen molar-refractivity contribution in [1.29, 1.82) is 0 Å². The largest absolute Gasteiger partial charge is 0.871 e. The molecule has 0 aliphatic carbocycles. The summed E-state index contributed by atoms with van der Waals surface area (Å²) in [6.07, 6.45) is 0.317. The number of carbonyl (C=O) groups is 1. The summed E-state index contributed by atoms with van der Waals surface area (Å²) < 4.78 is 0.175. The molecule has 0 aliphatic heterocycles. The van der Waals surface area contributed by atoms with Crippen LogP contribution in [0.1, 0.15) is 10.4 Å². The highest BCUT2D eigenvalue weighted by Crippen LogP contribution is 2.25. The van der Waals surface area contributed by atoms with Gasteiger partial charge in [0.05, 0.1) is 4.92 Å². The van der Waals surface area contributed by atoms with Crippen LogP contribution in [-0.2, 0) is 0 Å². The number of nitro benzene ring substituents is 1. The molecule has 13 heavy (non-hydrogen) atoms. The molecule has 0 saturated carbocycles. The van der Waals surface area contributed by atoms with Gasteiger partial charge in [0.2, 0.25) is 0 Å². The van der Waals surface area contributed by atoms with E-state index in [9.17, 15) is 20.0 Å². The summed E-state index contributed by atoms with van der Waals surface area (Å²) in [6.45, 7) is 0. The number of nitro groups is 1. The molecule has 0 amide bonds. The first kappa shape index (κ1) is 9.90. The minimum Gasteiger partial charge on any atom is -0.871 e. The average molecular weight is 292 g/mol. The van der Waals surface area contributed by atoms with Crippen molar-refractivity contribution in [3.05, 3.63) is 31.4 Å². The molecular formula is C7H3INO4-. The number of hydrogen-bond acceptors (Lipinski definition) is 4. The zero-order valence-corrected chi connectivity index (χ0v) is 8.35. The van der Waals surface area contributed by atoms with Gasteiger partial charge in [-0.25, -0.2) is 0 Å². The fourth-order valence-electron chi connectivity index (χ4n) is 0.793. The van der Waals surface area contributed by atoms with E-state index in [2.05, 4.69) is 0 Å². The number of non-ortho nitro benzene ring substituents is 1. The Hall–Kier alpha value is -1.18. The minimum atomic E-state index is -0.644. The number of benzene rings is 1. The van der Waals surface area contributed by atoms with Gasteiger partial charge in [0.25, 0.3) is 5.69 Å². The second-order valence-corrected chi connectivity index (χ2v) is 3.38. The van der Waals surface area contributed by atoms with Crippen LogP contribution in [0.5, 0.6) is 5.75 Å². The molecule has 0 atom stereocenters. The summed E-state index contributed by atoms with van der Waals surface area (Å²) in [4.78, 5) is 20.0. The lowest BCUT2D eigenvalue weighted by Crippen LogP contribution is -2.00. The highest BCUT2D eigenvalue weighted by molar-refractivity contribution is 14.1. The van der Waals surface area contributed by atoms with E-state index in [4.69, 9.17) is 0 Å². The lowest BCUT2D eigenvalue weighted by atomic mass is 10.2.